The quantitative estimate of drug-likeness (QED) is 0.521. The number of nitrogens with two attached hydrogens (primary N) is 1. The number of anilines is 1. The van der Waals surface area contributed by atoms with E-state index in [0.29, 0.717) is 0 Å². The van der Waals surface area contributed by atoms with Gasteiger partial charge in [-0.15, -0.1) is 0 Å². The third kappa shape index (κ3) is 3.21. The van der Waals surface area contributed by atoms with Crippen molar-refractivity contribution in [3.8, 4) is 0 Å². The predicted octanol–water partition coefficient (Wildman–Crippen LogP) is 0.481. The van der Waals surface area contributed by atoms with Crippen molar-refractivity contribution in [2.75, 3.05) is 11.0 Å². The molecule has 0 saturated heterocycles. The second-order valence-electron chi connectivity index (χ2n) is 2.98. The first-order valence-corrected chi connectivity index (χ1v) is 5.80. The molecule has 0 spiro atoms. The van der Waals surface area contributed by atoms with Gasteiger partial charge < -0.3 is 5.73 Å². The number of nitrogen functional groups attached to an aromatic ring is 1. The lowest BCUT2D eigenvalue weighted by atomic mass is 10.2. The van der Waals surface area contributed by atoms with E-state index < -0.39 is 21.7 Å². The van der Waals surface area contributed by atoms with E-state index in [9.17, 15) is 12.8 Å². The van der Waals surface area contributed by atoms with Crippen LogP contribution in [0.2, 0.25) is 0 Å². The first-order chi connectivity index (χ1) is 6.79. The molecule has 7 heteroatoms. The molecule has 0 fully saturated rings. The topological polar surface area (TPSA) is 96.0 Å². The number of nitrogens with one attached hydrogen (secondary N) is 2. The van der Waals surface area contributed by atoms with Crippen LogP contribution in [0.4, 0.5) is 10.1 Å². The van der Waals surface area contributed by atoms with Gasteiger partial charge in [0.15, 0.2) is 0 Å². The zero-order chi connectivity index (χ0) is 11.6. The van der Waals surface area contributed by atoms with E-state index in [1.54, 1.807) is 0 Å². The molecule has 0 aliphatic heterocycles. The molecule has 0 saturated carbocycles. The first kappa shape index (κ1) is 11.4. The van der Waals surface area contributed by atoms with Gasteiger partial charge in [-0.25, -0.2) is 12.8 Å². The predicted molar refractivity (Wildman–Crippen MR) is 55.9 cm³/mol. The van der Waals surface area contributed by atoms with Crippen molar-refractivity contribution in [3.05, 3.63) is 29.6 Å². The van der Waals surface area contributed by atoms with E-state index in [0.717, 1.165) is 12.3 Å². The fourth-order valence-electron chi connectivity index (χ4n) is 1.01. The van der Waals surface area contributed by atoms with Gasteiger partial charge in [0.1, 0.15) is 11.7 Å². The maximum absolute atomic E-state index is 13.1. The van der Waals surface area contributed by atoms with Crippen LogP contribution in [0.5, 0.6) is 0 Å². The maximum atomic E-state index is 13.1. The van der Waals surface area contributed by atoms with Gasteiger partial charge in [0.2, 0.25) is 10.0 Å². The summed E-state index contributed by atoms with van der Waals surface area (Å²) < 4.78 is 37.0. The largest absolute Gasteiger partial charge is 0.384 e. The van der Waals surface area contributed by atoms with Crippen LogP contribution in [-0.4, -0.2) is 20.5 Å². The van der Waals surface area contributed by atoms with E-state index in [2.05, 4.69) is 4.72 Å². The minimum Gasteiger partial charge on any atom is -0.384 e. The van der Waals surface area contributed by atoms with Gasteiger partial charge in [-0.2, -0.15) is 0 Å². The zero-order valence-electron chi connectivity index (χ0n) is 7.91. The first-order valence-electron chi connectivity index (χ1n) is 3.91. The third-order valence-corrected chi connectivity index (χ3v) is 2.17. The fourth-order valence-corrected chi connectivity index (χ4v) is 1.56. The highest BCUT2D eigenvalue weighted by Crippen LogP contribution is 2.15. The fraction of sp³-hybridized carbons (Fsp3) is 0.125. The van der Waals surface area contributed by atoms with Crippen LogP contribution in [-0.2, 0) is 10.0 Å². The Hall–Kier alpha value is -1.63. The molecule has 0 atom stereocenters. The van der Waals surface area contributed by atoms with Gasteiger partial charge in [0, 0.05) is 5.69 Å². The van der Waals surface area contributed by atoms with Crippen molar-refractivity contribution < 1.29 is 12.8 Å². The van der Waals surface area contributed by atoms with Gasteiger partial charge in [0.25, 0.3) is 0 Å². The van der Waals surface area contributed by atoms with Crippen LogP contribution in [0.1, 0.15) is 5.56 Å². The van der Waals surface area contributed by atoms with E-state index >= 15 is 0 Å². The minimum atomic E-state index is -3.42. The van der Waals surface area contributed by atoms with E-state index in [1.807, 2.05) is 0 Å². The molecular weight excluding hydrogens is 221 g/mol. The Morgan fingerprint density at radius 1 is 1.53 bits per heavy atom. The molecule has 0 unspecified atom stereocenters. The monoisotopic (exact) mass is 231 g/mol. The summed E-state index contributed by atoms with van der Waals surface area (Å²) in [6, 6.07) is 3.46. The summed E-state index contributed by atoms with van der Waals surface area (Å²) in [5.41, 5.74) is 5.15. The van der Waals surface area contributed by atoms with Crippen molar-refractivity contribution in [2.24, 2.45) is 5.73 Å². The van der Waals surface area contributed by atoms with Crippen LogP contribution >= 0.6 is 0 Å². The van der Waals surface area contributed by atoms with Crippen molar-refractivity contribution in [1.82, 2.24) is 0 Å². The van der Waals surface area contributed by atoms with Gasteiger partial charge in [-0.3, -0.25) is 10.1 Å². The Bertz CT molecular complexity index is 499. The zero-order valence-corrected chi connectivity index (χ0v) is 8.73. The third-order valence-electron chi connectivity index (χ3n) is 1.56. The summed E-state index contributed by atoms with van der Waals surface area (Å²) in [6.45, 7) is 0. The van der Waals surface area contributed by atoms with Crippen LogP contribution in [0.25, 0.3) is 0 Å². The molecule has 1 aromatic carbocycles. The summed E-state index contributed by atoms with van der Waals surface area (Å²) in [5.74, 6) is -1.12. The van der Waals surface area contributed by atoms with Crippen LogP contribution in [0.15, 0.2) is 18.2 Å². The number of benzene rings is 1. The number of rotatable bonds is 3. The lowest BCUT2D eigenvalue weighted by molar-refractivity contribution is 0.606. The Morgan fingerprint density at radius 2 is 2.13 bits per heavy atom. The van der Waals surface area contributed by atoms with Crippen LogP contribution < -0.4 is 10.5 Å². The number of hydrogen-bond donors (Lipinski definition) is 3. The van der Waals surface area contributed by atoms with Crippen molar-refractivity contribution in [1.29, 1.82) is 5.41 Å². The average Bonchev–Trinajstić information content (AvgIpc) is 2.05. The Labute approximate surface area is 86.7 Å². The molecule has 82 valence electrons. The molecule has 15 heavy (non-hydrogen) atoms. The van der Waals surface area contributed by atoms with Crippen LogP contribution in [0.3, 0.4) is 0 Å². The number of amidine groups is 1. The summed E-state index contributed by atoms with van der Waals surface area (Å²) in [4.78, 5) is 0. The summed E-state index contributed by atoms with van der Waals surface area (Å²) in [7, 11) is -3.42. The molecule has 0 aliphatic carbocycles. The standard InChI is InChI=1S/C8H10FN3O2S/c1-15(13,14)12-5-2-3-7(9)6(4-5)8(10)11/h2-4,12H,1H3,(H3,10,11). The summed E-state index contributed by atoms with van der Waals surface area (Å²) in [5, 5.41) is 7.06. The lowest BCUT2D eigenvalue weighted by Crippen LogP contribution is -2.15. The molecule has 0 amide bonds. The van der Waals surface area contributed by atoms with Crippen LogP contribution in [0, 0.1) is 11.2 Å². The second-order valence-corrected chi connectivity index (χ2v) is 4.73. The normalized spacial score (nSPS) is 11.1. The molecule has 0 radical (unpaired) electrons. The van der Waals surface area contributed by atoms with E-state index in [-0.39, 0.29) is 11.3 Å². The van der Waals surface area contributed by atoms with Gasteiger partial charge in [0.05, 0.1) is 11.8 Å². The highest BCUT2D eigenvalue weighted by atomic mass is 32.2. The highest BCUT2D eigenvalue weighted by Gasteiger charge is 2.08. The molecule has 0 heterocycles. The van der Waals surface area contributed by atoms with Crippen molar-refractivity contribution in [2.45, 2.75) is 0 Å². The number of sulfonamides is 1. The summed E-state index contributed by atoms with van der Waals surface area (Å²) in [6.07, 6.45) is 0.976. The molecule has 5 nitrogen and oxygen atoms in total. The maximum Gasteiger partial charge on any atom is 0.229 e. The second kappa shape index (κ2) is 3.85. The molecule has 1 aromatic rings. The molecule has 0 aliphatic rings. The summed E-state index contributed by atoms with van der Waals surface area (Å²) >= 11 is 0. The Morgan fingerprint density at radius 3 is 2.60 bits per heavy atom. The molecule has 1 rings (SSSR count). The highest BCUT2D eigenvalue weighted by molar-refractivity contribution is 7.92. The molecule has 4 N–H and O–H groups in total. The lowest BCUT2D eigenvalue weighted by Gasteiger charge is -2.06. The van der Waals surface area contributed by atoms with Crippen molar-refractivity contribution >= 4 is 21.5 Å². The molecule has 0 bridgehead atoms. The van der Waals surface area contributed by atoms with Gasteiger partial charge in [-0.05, 0) is 18.2 Å². The average molecular weight is 231 g/mol. The molecular formula is C8H10FN3O2S. The van der Waals surface area contributed by atoms with Gasteiger partial charge in [-0.1, -0.05) is 0 Å². The van der Waals surface area contributed by atoms with Crippen molar-refractivity contribution in [3.63, 3.8) is 0 Å². The van der Waals surface area contributed by atoms with E-state index in [4.69, 9.17) is 11.1 Å². The smallest absolute Gasteiger partial charge is 0.229 e. The number of hydrogen-bond acceptors (Lipinski definition) is 3. The SMILES string of the molecule is CS(=O)(=O)Nc1ccc(F)c(C(=N)N)c1. The Balaban J connectivity index is 3.14. The van der Waals surface area contributed by atoms with Gasteiger partial charge >= 0.3 is 0 Å². The minimum absolute atomic E-state index is 0.136. The molecule has 0 aromatic heterocycles. The van der Waals surface area contributed by atoms with E-state index in [1.165, 1.54) is 12.1 Å². The Kier molecular flexibility index (Phi) is 2.94. The number of halogens is 1.